The molecular weight excluding hydrogens is 349 g/mol. The first-order valence-electron chi connectivity index (χ1n) is 6.29. The summed E-state index contributed by atoms with van der Waals surface area (Å²) in [4.78, 5) is 0.0826. The second kappa shape index (κ2) is 5.71. The van der Waals surface area contributed by atoms with E-state index in [1.807, 2.05) is 6.92 Å². The Kier molecular flexibility index (Phi) is 4.53. The van der Waals surface area contributed by atoms with Crippen molar-refractivity contribution in [1.82, 2.24) is 4.31 Å². The highest BCUT2D eigenvalue weighted by atomic mass is 79.9. The standard InChI is InChI=1S/C13H17BrFNO3S/c1-13(19-2)6-3-7-16(9-13)20(17,18)12-5-4-10(15)8-11(12)14/h4-5,8H,3,6-7,9H2,1-2H3. The smallest absolute Gasteiger partial charge is 0.244 e. The third kappa shape index (κ3) is 3.05. The Morgan fingerprint density at radius 2 is 2.15 bits per heavy atom. The van der Waals surface area contributed by atoms with Crippen molar-refractivity contribution in [3.8, 4) is 0 Å². The Morgan fingerprint density at radius 3 is 2.75 bits per heavy atom. The van der Waals surface area contributed by atoms with E-state index in [0.717, 1.165) is 25.0 Å². The Balaban J connectivity index is 2.35. The molecule has 0 amide bonds. The van der Waals surface area contributed by atoms with Crippen molar-refractivity contribution in [2.45, 2.75) is 30.3 Å². The fourth-order valence-electron chi connectivity index (χ4n) is 2.36. The van der Waals surface area contributed by atoms with Gasteiger partial charge in [0.15, 0.2) is 0 Å². The number of piperidine rings is 1. The zero-order valence-corrected chi connectivity index (χ0v) is 13.8. The highest BCUT2D eigenvalue weighted by Gasteiger charge is 2.37. The van der Waals surface area contributed by atoms with Crippen molar-refractivity contribution in [3.63, 3.8) is 0 Å². The molecule has 1 heterocycles. The molecule has 0 aromatic heterocycles. The molecule has 0 N–H and O–H groups in total. The van der Waals surface area contributed by atoms with E-state index in [4.69, 9.17) is 4.74 Å². The number of methoxy groups -OCH3 is 1. The number of nitrogens with zero attached hydrogens (tertiary/aromatic N) is 1. The third-order valence-electron chi connectivity index (χ3n) is 3.63. The van der Waals surface area contributed by atoms with Crippen molar-refractivity contribution in [2.24, 2.45) is 0 Å². The lowest BCUT2D eigenvalue weighted by atomic mass is 9.96. The number of hydrogen-bond donors (Lipinski definition) is 0. The molecule has 0 bridgehead atoms. The van der Waals surface area contributed by atoms with Crippen LogP contribution >= 0.6 is 15.9 Å². The van der Waals surface area contributed by atoms with Crippen LogP contribution in [-0.2, 0) is 14.8 Å². The maximum Gasteiger partial charge on any atom is 0.244 e. The monoisotopic (exact) mass is 365 g/mol. The molecule has 0 radical (unpaired) electrons. The van der Waals surface area contributed by atoms with Gasteiger partial charge in [0.05, 0.1) is 10.5 Å². The average molecular weight is 366 g/mol. The molecule has 7 heteroatoms. The fourth-order valence-corrected chi connectivity index (χ4v) is 4.96. The molecule has 1 saturated heterocycles. The first-order chi connectivity index (χ1) is 9.28. The maximum absolute atomic E-state index is 13.1. The highest BCUT2D eigenvalue weighted by molar-refractivity contribution is 9.10. The molecule has 2 rings (SSSR count). The number of sulfonamides is 1. The summed E-state index contributed by atoms with van der Waals surface area (Å²) in [5.41, 5.74) is -0.474. The molecule has 0 saturated carbocycles. The van der Waals surface area contributed by atoms with Gasteiger partial charge in [0, 0.05) is 24.7 Å². The van der Waals surface area contributed by atoms with Crippen LogP contribution in [0.25, 0.3) is 0 Å². The van der Waals surface area contributed by atoms with Gasteiger partial charge in [-0.15, -0.1) is 0 Å². The van der Waals surface area contributed by atoms with Crippen LogP contribution in [0.2, 0.25) is 0 Å². The van der Waals surface area contributed by atoms with Crippen molar-refractivity contribution in [1.29, 1.82) is 0 Å². The first kappa shape index (κ1) is 15.9. The summed E-state index contributed by atoms with van der Waals surface area (Å²) >= 11 is 3.12. The minimum Gasteiger partial charge on any atom is -0.377 e. The second-order valence-electron chi connectivity index (χ2n) is 5.17. The topological polar surface area (TPSA) is 46.6 Å². The summed E-state index contributed by atoms with van der Waals surface area (Å²) < 4.78 is 45.4. The van der Waals surface area contributed by atoms with E-state index in [0.29, 0.717) is 13.1 Å². The summed E-state index contributed by atoms with van der Waals surface area (Å²) in [6, 6.07) is 3.59. The van der Waals surface area contributed by atoms with E-state index in [9.17, 15) is 12.8 Å². The molecule has 1 fully saturated rings. The van der Waals surface area contributed by atoms with E-state index in [1.165, 1.54) is 10.4 Å². The van der Waals surface area contributed by atoms with E-state index in [2.05, 4.69) is 15.9 Å². The van der Waals surface area contributed by atoms with Crippen LogP contribution in [0.4, 0.5) is 4.39 Å². The summed E-state index contributed by atoms with van der Waals surface area (Å²) in [5.74, 6) is -0.476. The van der Waals surface area contributed by atoms with Gasteiger partial charge in [-0.2, -0.15) is 4.31 Å². The number of rotatable bonds is 3. The zero-order valence-electron chi connectivity index (χ0n) is 11.4. The molecule has 0 spiro atoms. The van der Waals surface area contributed by atoms with Gasteiger partial charge in [-0.25, -0.2) is 12.8 Å². The molecule has 112 valence electrons. The Morgan fingerprint density at radius 1 is 1.45 bits per heavy atom. The van der Waals surface area contributed by atoms with Crippen molar-refractivity contribution in [3.05, 3.63) is 28.5 Å². The Hall–Kier alpha value is -0.500. The maximum atomic E-state index is 13.1. The normalized spacial score (nSPS) is 24.8. The molecule has 4 nitrogen and oxygen atoms in total. The van der Waals surface area contributed by atoms with E-state index < -0.39 is 21.4 Å². The number of ether oxygens (including phenoxy) is 1. The summed E-state index contributed by atoms with van der Waals surface area (Å²) in [6.45, 7) is 2.65. The van der Waals surface area contributed by atoms with E-state index in [1.54, 1.807) is 7.11 Å². The molecule has 0 aliphatic carbocycles. The van der Waals surface area contributed by atoms with Crippen molar-refractivity contribution >= 4 is 26.0 Å². The number of benzene rings is 1. The lowest BCUT2D eigenvalue weighted by Gasteiger charge is -2.38. The average Bonchev–Trinajstić information content (AvgIpc) is 2.38. The molecule has 1 atom stereocenters. The SMILES string of the molecule is COC1(C)CCCN(S(=O)(=O)c2ccc(F)cc2Br)C1. The molecule has 1 aliphatic heterocycles. The highest BCUT2D eigenvalue weighted by Crippen LogP contribution is 2.31. The van der Waals surface area contributed by atoms with Gasteiger partial charge >= 0.3 is 0 Å². The van der Waals surface area contributed by atoms with Gasteiger partial charge in [-0.1, -0.05) is 0 Å². The van der Waals surface area contributed by atoms with Crippen LogP contribution in [0.15, 0.2) is 27.6 Å². The van der Waals surface area contributed by atoms with Crippen LogP contribution < -0.4 is 0 Å². The molecule has 1 unspecified atom stereocenters. The molecule has 1 aliphatic rings. The van der Waals surface area contributed by atoms with Gasteiger partial charge in [0.2, 0.25) is 10.0 Å². The predicted molar refractivity (Wildman–Crippen MR) is 77.5 cm³/mol. The molecule has 1 aromatic carbocycles. The van der Waals surface area contributed by atoms with Gasteiger partial charge < -0.3 is 4.74 Å². The van der Waals surface area contributed by atoms with Gasteiger partial charge in [0.25, 0.3) is 0 Å². The minimum atomic E-state index is -3.65. The molecule has 20 heavy (non-hydrogen) atoms. The van der Waals surface area contributed by atoms with Crippen molar-refractivity contribution < 1.29 is 17.5 Å². The summed E-state index contributed by atoms with van der Waals surface area (Å²) in [7, 11) is -2.06. The quantitative estimate of drug-likeness (QED) is 0.827. The predicted octanol–water partition coefficient (Wildman–Crippen LogP) is 2.78. The lowest BCUT2D eigenvalue weighted by Crippen LogP contribution is -2.49. The summed E-state index contributed by atoms with van der Waals surface area (Å²) in [5, 5.41) is 0. The fraction of sp³-hybridized carbons (Fsp3) is 0.538. The zero-order chi connectivity index (χ0) is 15.0. The van der Waals surface area contributed by atoms with Crippen molar-refractivity contribution in [2.75, 3.05) is 20.2 Å². The minimum absolute atomic E-state index is 0.0826. The van der Waals surface area contributed by atoms with Crippen LogP contribution in [0.5, 0.6) is 0 Å². The molecular formula is C13H17BrFNO3S. The van der Waals surface area contributed by atoms with Gasteiger partial charge in [-0.3, -0.25) is 0 Å². The Bertz CT molecular complexity index is 608. The third-order valence-corrected chi connectivity index (χ3v) is 6.45. The first-order valence-corrected chi connectivity index (χ1v) is 8.52. The second-order valence-corrected chi connectivity index (χ2v) is 7.93. The van der Waals surface area contributed by atoms with Crippen LogP contribution in [0.1, 0.15) is 19.8 Å². The largest absolute Gasteiger partial charge is 0.377 e. The summed E-state index contributed by atoms with van der Waals surface area (Å²) in [6.07, 6.45) is 1.56. The number of halogens is 2. The lowest BCUT2D eigenvalue weighted by molar-refractivity contribution is -0.0319. The van der Waals surface area contributed by atoms with Crippen LogP contribution in [-0.4, -0.2) is 38.5 Å². The van der Waals surface area contributed by atoms with Gasteiger partial charge in [-0.05, 0) is 53.9 Å². The molecule has 1 aromatic rings. The Labute approximate surface area is 127 Å². The van der Waals surface area contributed by atoms with Crippen LogP contribution in [0, 0.1) is 5.82 Å². The van der Waals surface area contributed by atoms with E-state index in [-0.39, 0.29) is 9.37 Å². The van der Waals surface area contributed by atoms with Crippen LogP contribution in [0.3, 0.4) is 0 Å². The van der Waals surface area contributed by atoms with Gasteiger partial charge in [0.1, 0.15) is 5.82 Å². The van der Waals surface area contributed by atoms with E-state index >= 15 is 0 Å². The number of hydrogen-bond acceptors (Lipinski definition) is 3.